The highest BCUT2D eigenvalue weighted by Crippen LogP contribution is 2.23. The first-order valence-electron chi connectivity index (χ1n) is 8.16. The number of hydrogen-bond acceptors (Lipinski definition) is 2. The molecular weight excluding hydrogens is 236 g/mol. The second kappa shape index (κ2) is 8.57. The fourth-order valence-corrected chi connectivity index (χ4v) is 3.05. The molecule has 1 atom stereocenters. The van der Waals surface area contributed by atoms with Crippen LogP contribution < -0.4 is 11.1 Å². The quantitative estimate of drug-likeness (QED) is 0.629. The van der Waals surface area contributed by atoms with E-state index in [1.165, 1.54) is 57.8 Å². The molecule has 3 heteroatoms. The Bertz CT molecular complexity index is 261. The average Bonchev–Trinajstić information content (AvgIpc) is 2.39. The van der Waals surface area contributed by atoms with Gasteiger partial charge in [0, 0.05) is 6.04 Å². The van der Waals surface area contributed by atoms with Crippen molar-refractivity contribution in [2.24, 2.45) is 5.73 Å². The summed E-state index contributed by atoms with van der Waals surface area (Å²) >= 11 is 0. The van der Waals surface area contributed by atoms with Crippen LogP contribution in [-0.4, -0.2) is 17.5 Å². The normalized spacial score (nSPS) is 20.1. The summed E-state index contributed by atoms with van der Waals surface area (Å²) in [4.78, 5) is 11.8. The fourth-order valence-electron chi connectivity index (χ4n) is 3.05. The number of amides is 1. The van der Waals surface area contributed by atoms with Gasteiger partial charge >= 0.3 is 0 Å². The first kappa shape index (κ1) is 16.5. The van der Waals surface area contributed by atoms with E-state index >= 15 is 0 Å². The van der Waals surface area contributed by atoms with Crippen molar-refractivity contribution in [3.05, 3.63) is 0 Å². The molecule has 0 radical (unpaired) electrons. The summed E-state index contributed by atoms with van der Waals surface area (Å²) in [5, 5.41) is 3.55. The molecule has 0 saturated heterocycles. The van der Waals surface area contributed by atoms with Crippen LogP contribution in [0.25, 0.3) is 0 Å². The van der Waals surface area contributed by atoms with Crippen molar-refractivity contribution in [3.8, 4) is 0 Å². The lowest BCUT2D eigenvalue weighted by Gasteiger charge is -2.34. The van der Waals surface area contributed by atoms with E-state index in [-0.39, 0.29) is 5.91 Å². The standard InChI is InChI=1S/C16H32N2O/c1-3-4-5-6-10-13-16(2,15(17)19)18-14-11-8-7-9-12-14/h14,18H,3-13H2,1-2H3,(H2,17,19). The van der Waals surface area contributed by atoms with Crippen LogP contribution in [0.2, 0.25) is 0 Å². The Morgan fingerprint density at radius 3 is 2.37 bits per heavy atom. The number of carbonyl (C=O) groups is 1. The number of nitrogens with two attached hydrogens (primary N) is 1. The Balaban J connectivity index is 2.37. The molecule has 0 aliphatic heterocycles. The van der Waals surface area contributed by atoms with E-state index in [0.717, 1.165) is 12.8 Å². The Labute approximate surface area is 118 Å². The molecule has 1 aliphatic carbocycles. The molecular formula is C16H32N2O. The maximum Gasteiger partial charge on any atom is 0.237 e. The molecule has 0 heterocycles. The maximum absolute atomic E-state index is 11.8. The van der Waals surface area contributed by atoms with Crippen molar-refractivity contribution in [1.82, 2.24) is 5.32 Å². The van der Waals surface area contributed by atoms with Gasteiger partial charge < -0.3 is 11.1 Å². The van der Waals surface area contributed by atoms with Gasteiger partial charge in [-0.05, 0) is 26.2 Å². The summed E-state index contributed by atoms with van der Waals surface area (Å²) in [6.07, 6.45) is 13.3. The van der Waals surface area contributed by atoms with Gasteiger partial charge in [0.25, 0.3) is 0 Å². The lowest BCUT2D eigenvalue weighted by atomic mass is 9.88. The van der Waals surface area contributed by atoms with Gasteiger partial charge in [0.2, 0.25) is 5.91 Å². The maximum atomic E-state index is 11.8. The highest BCUT2D eigenvalue weighted by Gasteiger charge is 2.32. The molecule has 0 spiro atoms. The monoisotopic (exact) mass is 268 g/mol. The zero-order valence-electron chi connectivity index (χ0n) is 12.8. The molecule has 3 N–H and O–H groups in total. The first-order chi connectivity index (χ1) is 9.08. The first-order valence-corrected chi connectivity index (χ1v) is 8.16. The summed E-state index contributed by atoms with van der Waals surface area (Å²) < 4.78 is 0. The number of unbranched alkanes of at least 4 members (excludes halogenated alkanes) is 4. The van der Waals surface area contributed by atoms with E-state index in [1.807, 2.05) is 6.92 Å². The minimum absolute atomic E-state index is 0.187. The van der Waals surface area contributed by atoms with E-state index in [1.54, 1.807) is 0 Å². The highest BCUT2D eigenvalue weighted by molar-refractivity contribution is 5.84. The zero-order valence-corrected chi connectivity index (χ0v) is 12.8. The molecule has 1 unspecified atom stereocenters. The summed E-state index contributed by atoms with van der Waals surface area (Å²) in [6, 6.07) is 0.488. The number of carbonyl (C=O) groups excluding carboxylic acids is 1. The smallest absolute Gasteiger partial charge is 0.237 e. The second-order valence-corrected chi connectivity index (χ2v) is 6.34. The van der Waals surface area contributed by atoms with Gasteiger partial charge in [0.05, 0.1) is 5.54 Å². The minimum Gasteiger partial charge on any atom is -0.368 e. The van der Waals surface area contributed by atoms with Crippen molar-refractivity contribution < 1.29 is 4.79 Å². The molecule has 0 aromatic carbocycles. The van der Waals surface area contributed by atoms with Crippen LogP contribution in [0.1, 0.15) is 84.5 Å². The topological polar surface area (TPSA) is 55.1 Å². The third-order valence-electron chi connectivity index (χ3n) is 4.45. The largest absolute Gasteiger partial charge is 0.368 e. The lowest BCUT2D eigenvalue weighted by Crippen LogP contribution is -2.57. The second-order valence-electron chi connectivity index (χ2n) is 6.34. The summed E-state index contributed by atoms with van der Waals surface area (Å²) in [5.74, 6) is -0.187. The van der Waals surface area contributed by atoms with E-state index in [0.29, 0.717) is 6.04 Å². The molecule has 1 amide bonds. The van der Waals surface area contributed by atoms with E-state index in [9.17, 15) is 4.79 Å². The summed E-state index contributed by atoms with van der Waals surface area (Å²) in [5.41, 5.74) is 5.12. The zero-order chi connectivity index (χ0) is 14.1. The van der Waals surface area contributed by atoms with Crippen molar-refractivity contribution in [1.29, 1.82) is 0 Å². The van der Waals surface area contributed by atoms with E-state index < -0.39 is 5.54 Å². The Hall–Kier alpha value is -0.570. The van der Waals surface area contributed by atoms with Crippen molar-refractivity contribution in [3.63, 3.8) is 0 Å². The molecule has 1 aliphatic rings. The van der Waals surface area contributed by atoms with E-state index in [4.69, 9.17) is 5.73 Å². The molecule has 3 nitrogen and oxygen atoms in total. The predicted molar refractivity (Wildman–Crippen MR) is 81.0 cm³/mol. The van der Waals surface area contributed by atoms with E-state index in [2.05, 4.69) is 12.2 Å². The van der Waals surface area contributed by atoms with Crippen LogP contribution in [0.15, 0.2) is 0 Å². The number of nitrogens with one attached hydrogen (secondary N) is 1. The Morgan fingerprint density at radius 1 is 1.16 bits per heavy atom. The Kier molecular flexibility index (Phi) is 7.44. The van der Waals surface area contributed by atoms with Crippen LogP contribution in [-0.2, 0) is 4.79 Å². The Morgan fingerprint density at radius 2 is 1.79 bits per heavy atom. The SMILES string of the molecule is CCCCCCCC(C)(NC1CCCCC1)C(N)=O. The van der Waals surface area contributed by atoms with Crippen LogP contribution in [0.4, 0.5) is 0 Å². The van der Waals surface area contributed by atoms with Gasteiger partial charge in [-0.1, -0.05) is 58.3 Å². The molecule has 1 saturated carbocycles. The fraction of sp³-hybridized carbons (Fsp3) is 0.938. The molecule has 112 valence electrons. The van der Waals surface area contributed by atoms with Crippen molar-refractivity contribution in [2.45, 2.75) is 96.1 Å². The highest BCUT2D eigenvalue weighted by atomic mass is 16.1. The molecule has 1 fully saturated rings. The minimum atomic E-state index is -0.506. The lowest BCUT2D eigenvalue weighted by molar-refractivity contribution is -0.124. The van der Waals surface area contributed by atoms with Crippen molar-refractivity contribution in [2.75, 3.05) is 0 Å². The van der Waals surface area contributed by atoms with Crippen LogP contribution in [0.3, 0.4) is 0 Å². The molecule has 0 bridgehead atoms. The molecule has 19 heavy (non-hydrogen) atoms. The van der Waals surface area contributed by atoms with Gasteiger partial charge in [-0.15, -0.1) is 0 Å². The number of hydrogen-bond donors (Lipinski definition) is 2. The predicted octanol–water partition coefficient (Wildman–Crippen LogP) is 3.51. The number of primary amides is 1. The van der Waals surface area contributed by atoms with Gasteiger partial charge in [-0.3, -0.25) is 4.79 Å². The average molecular weight is 268 g/mol. The third kappa shape index (κ3) is 5.94. The van der Waals surface area contributed by atoms with Crippen LogP contribution in [0.5, 0.6) is 0 Å². The third-order valence-corrected chi connectivity index (χ3v) is 4.45. The van der Waals surface area contributed by atoms with Crippen LogP contribution >= 0.6 is 0 Å². The van der Waals surface area contributed by atoms with Gasteiger partial charge in [0.1, 0.15) is 0 Å². The molecule has 1 rings (SSSR count). The summed E-state index contributed by atoms with van der Waals surface area (Å²) in [7, 11) is 0. The molecule has 0 aromatic heterocycles. The van der Waals surface area contributed by atoms with Crippen LogP contribution in [0, 0.1) is 0 Å². The van der Waals surface area contributed by atoms with Gasteiger partial charge in [-0.25, -0.2) is 0 Å². The molecule has 0 aromatic rings. The van der Waals surface area contributed by atoms with Gasteiger partial charge in [0.15, 0.2) is 0 Å². The van der Waals surface area contributed by atoms with Gasteiger partial charge in [-0.2, -0.15) is 0 Å². The number of rotatable bonds is 9. The van der Waals surface area contributed by atoms with Crippen molar-refractivity contribution >= 4 is 5.91 Å². The summed E-state index contributed by atoms with van der Waals surface area (Å²) in [6.45, 7) is 4.21.